The topological polar surface area (TPSA) is 69.7 Å². The van der Waals surface area contributed by atoms with Gasteiger partial charge in [0.1, 0.15) is 16.5 Å². The maximum Gasteiger partial charge on any atom is 0.275 e. The number of hydrogen-bond donors (Lipinski definition) is 1. The fourth-order valence-electron chi connectivity index (χ4n) is 2.76. The highest BCUT2D eigenvalue weighted by molar-refractivity contribution is 7.13. The van der Waals surface area contributed by atoms with Gasteiger partial charge in [-0.15, -0.1) is 11.3 Å². The largest absolute Gasteiger partial charge is 0.494 e. The maximum absolute atomic E-state index is 12.6. The van der Waals surface area contributed by atoms with Crippen LogP contribution in [-0.2, 0) is 16.1 Å². The van der Waals surface area contributed by atoms with Gasteiger partial charge in [-0.25, -0.2) is 4.98 Å². The van der Waals surface area contributed by atoms with Gasteiger partial charge in [0.2, 0.25) is 0 Å². The second-order valence-electron chi connectivity index (χ2n) is 6.40. The Bertz CT molecular complexity index is 940. The number of benzene rings is 2. The molecular formula is C23H26N2O4S. The smallest absolute Gasteiger partial charge is 0.275 e. The van der Waals surface area contributed by atoms with Gasteiger partial charge < -0.3 is 19.5 Å². The summed E-state index contributed by atoms with van der Waals surface area (Å²) in [5.41, 5.74) is 3.04. The lowest BCUT2D eigenvalue weighted by molar-refractivity contribution is 0.0453. The number of ether oxygens (including phenoxy) is 3. The van der Waals surface area contributed by atoms with Gasteiger partial charge in [0.15, 0.2) is 0 Å². The van der Waals surface area contributed by atoms with Crippen molar-refractivity contribution in [1.82, 2.24) is 4.98 Å². The first-order valence-electron chi connectivity index (χ1n) is 9.94. The summed E-state index contributed by atoms with van der Waals surface area (Å²) in [6, 6.07) is 15.3. The fraction of sp³-hybridized carbons (Fsp3) is 0.304. The summed E-state index contributed by atoms with van der Waals surface area (Å²) in [4.78, 5) is 17.1. The number of carbonyl (C=O) groups excluding carboxylic acids is 1. The Hall–Kier alpha value is -2.74. The molecule has 0 aliphatic rings. The molecule has 0 saturated carbocycles. The zero-order valence-electron chi connectivity index (χ0n) is 17.2. The monoisotopic (exact) mass is 426 g/mol. The molecule has 1 N–H and O–H groups in total. The number of carbonyl (C=O) groups is 1. The van der Waals surface area contributed by atoms with Crippen molar-refractivity contribution in [2.24, 2.45) is 0 Å². The Morgan fingerprint density at radius 2 is 1.83 bits per heavy atom. The van der Waals surface area contributed by atoms with Crippen molar-refractivity contribution in [3.8, 4) is 16.3 Å². The summed E-state index contributed by atoms with van der Waals surface area (Å²) in [5, 5.41) is 5.46. The van der Waals surface area contributed by atoms with Crippen LogP contribution in [-0.4, -0.2) is 37.3 Å². The molecule has 1 amide bonds. The molecule has 3 aromatic rings. The van der Waals surface area contributed by atoms with Crippen LogP contribution in [0.25, 0.3) is 10.6 Å². The van der Waals surface area contributed by atoms with Crippen LogP contribution in [0.5, 0.6) is 5.75 Å². The van der Waals surface area contributed by atoms with E-state index in [-0.39, 0.29) is 5.91 Å². The van der Waals surface area contributed by atoms with E-state index in [1.807, 2.05) is 62.4 Å². The third-order valence-corrected chi connectivity index (χ3v) is 5.07. The van der Waals surface area contributed by atoms with E-state index in [1.165, 1.54) is 11.3 Å². The summed E-state index contributed by atoms with van der Waals surface area (Å²) < 4.78 is 16.3. The lowest BCUT2D eigenvalue weighted by Crippen LogP contribution is -2.12. The van der Waals surface area contributed by atoms with E-state index >= 15 is 0 Å². The molecular weight excluding hydrogens is 400 g/mol. The number of anilines is 1. The van der Waals surface area contributed by atoms with Gasteiger partial charge in [0.05, 0.1) is 26.4 Å². The van der Waals surface area contributed by atoms with Crippen molar-refractivity contribution in [2.45, 2.75) is 20.5 Å². The standard InChI is InChI=1S/C23H26N2O4S/c1-3-27-12-13-28-15-17-6-5-7-19(14-17)24-22(26)21-16-30-23(25-21)18-8-10-20(11-9-18)29-4-2/h5-11,14,16H,3-4,12-13,15H2,1-2H3,(H,24,26). The van der Waals surface area contributed by atoms with E-state index in [4.69, 9.17) is 14.2 Å². The molecule has 0 aliphatic heterocycles. The van der Waals surface area contributed by atoms with Gasteiger partial charge in [0.25, 0.3) is 5.91 Å². The van der Waals surface area contributed by atoms with E-state index in [0.29, 0.717) is 44.4 Å². The number of aromatic nitrogens is 1. The Morgan fingerprint density at radius 1 is 1.03 bits per heavy atom. The summed E-state index contributed by atoms with van der Waals surface area (Å²) >= 11 is 1.44. The highest BCUT2D eigenvalue weighted by Gasteiger charge is 2.12. The number of nitrogens with one attached hydrogen (secondary N) is 1. The van der Waals surface area contributed by atoms with Crippen LogP contribution in [0.4, 0.5) is 5.69 Å². The molecule has 7 heteroatoms. The van der Waals surface area contributed by atoms with E-state index in [9.17, 15) is 4.79 Å². The van der Waals surface area contributed by atoms with E-state index < -0.39 is 0 Å². The molecule has 1 heterocycles. The van der Waals surface area contributed by atoms with E-state index in [1.54, 1.807) is 5.38 Å². The lowest BCUT2D eigenvalue weighted by Gasteiger charge is -2.08. The predicted molar refractivity (Wildman–Crippen MR) is 119 cm³/mol. The molecule has 0 aliphatic carbocycles. The van der Waals surface area contributed by atoms with Crippen molar-refractivity contribution in [1.29, 1.82) is 0 Å². The highest BCUT2D eigenvalue weighted by Crippen LogP contribution is 2.26. The van der Waals surface area contributed by atoms with Crippen LogP contribution < -0.4 is 10.1 Å². The summed E-state index contributed by atoms with van der Waals surface area (Å²) in [6.45, 7) is 6.80. The summed E-state index contributed by atoms with van der Waals surface area (Å²) in [7, 11) is 0. The van der Waals surface area contributed by atoms with Gasteiger partial charge in [-0.1, -0.05) is 12.1 Å². The lowest BCUT2D eigenvalue weighted by atomic mass is 10.2. The molecule has 1 aromatic heterocycles. The van der Waals surface area contributed by atoms with Crippen molar-refractivity contribution in [3.63, 3.8) is 0 Å². The third-order valence-electron chi connectivity index (χ3n) is 4.18. The Labute approximate surface area is 180 Å². The van der Waals surface area contributed by atoms with Gasteiger partial charge in [-0.3, -0.25) is 4.79 Å². The zero-order chi connectivity index (χ0) is 21.2. The van der Waals surface area contributed by atoms with E-state index in [2.05, 4.69) is 10.3 Å². The number of rotatable bonds is 11. The van der Waals surface area contributed by atoms with Gasteiger partial charge in [-0.2, -0.15) is 0 Å². The van der Waals surface area contributed by atoms with Crippen LogP contribution in [0.15, 0.2) is 53.9 Å². The fourth-order valence-corrected chi connectivity index (χ4v) is 3.56. The molecule has 0 spiro atoms. The summed E-state index contributed by atoms with van der Waals surface area (Å²) in [5.74, 6) is 0.579. The highest BCUT2D eigenvalue weighted by atomic mass is 32.1. The Morgan fingerprint density at radius 3 is 2.60 bits per heavy atom. The minimum Gasteiger partial charge on any atom is -0.494 e. The second kappa shape index (κ2) is 11.4. The molecule has 0 radical (unpaired) electrons. The SMILES string of the molecule is CCOCCOCc1cccc(NC(=O)c2csc(-c3ccc(OCC)cc3)n2)c1. The first-order valence-corrected chi connectivity index (χ1v) is 10.8. The average Bonchev–Trinajstić information content (AvgIpc) is 3.25. The molecule has 30 heavy (non-hydrogen) atoms. The predicted octanol–water partition coefficient (Wildman–Crippen LogP) is 5.01. The average molecular weight is 427 g/mol. The van der Waals surface area contributed by atoms with Crippen molar-refractivity contribution < 1.29 is 19.0 Å². The van der Waals surface area contributed by atoms with Gasteiger partial charge in [0, 0.05) is 23.2 Å². The molecule has 0 atom stereocenters. The molecule has 0 saturated heterocycles. The third kappa shape index (κ3) is 6.38. The molecule has 3 rings (SSSR count). The van der Waals surface area contributed by atoms with Crippen LogP contribution >= 0.6 is 11.3 Å². The van der Waals surface area contributed by atoms with Crippen LogP contribution in [0.1, 0.15) is 29.9 Å². The molecule has 6 nitrogen and oxygen atoms in total. The normalized spacial score (nSPS) is 10.7. The van der Waals surface area contributed by atoms with Crippen LogP contribution in [0.2, 0.25) is 0 Å². The molecule has 0 bridgehead atoms. The summed E-state index contributed by atoms with van der Waals surface area (Å²) in [6.07, 6.45) is 0. The van der Waals surface area contributed by atoms with Crippen molar-refractivity contribution >= 4 is 22.9 Å². The van der Waals surface area contributed by atoms with Gasteiger partial charge >= 0.3 is 0 Å². The minimum absolute atomic E-state index is 0.238. The van der Waals surface area contributed by atoms with Gasteiger partial charge in [-0.05, 0) is 55.8 Å². The van der Waals surface area contributed by atoms with Crippen LogP contribution in [0.3, 0.4) is 0 Å². The number of thiazole rings is 1. The molecule has 0 fully saturated rings. The number of nitrogens with zero attached hydrogens (tertiary/aromatic N) is 1. The quantitative estimate of drug-likeness (QED) is 0.436. The minimum atomic E-state index is -0.238. The maximum atomic E-state index is 12.6. The first-order chi connectivity index (χ1) is 14.7. The zero-order valence-corrected chi connectivity index (χ0v) is 18.0. The molecule has 158 valence electrons. The number of amides is 1. The Balaban J connectivity index is 1.58. The molecule has 0 unspecified atom stereocenters. The second-order valence-corrected chi connectivity index (χ2v) is 7.26. The molecule has 2 aromatic carbocycles. The number of hydrogen-bond acceptors (Lipinski definition) is 6. The Kier molecular flexibility index (Phi) is 8.38. The van der Waals surface area contributed by atoms with Crippen LogP contribution in [0, 0.1) is 0 Å². The van der Waals surface area contributed by atoms with Crippen molar-refractivity contribution in [2.75, 3.05) is 31.7 Å². The van der Waals surface area contributed by atoms with Crippen molar-refractivity contribution in [3.05, 3.63) is 65.2 Å². The van der Waals surface area contributed by atoms with E-state index in [0.717, 1.165) is 21.9 Å². The first kappa shape index (κ1) is 22.0.